The van der Waals surface area contributed by atoms with E-state index in [2.05, 4.69) is 5.32 Å². The van der Waals surface area contributed by atoms with Crippen LogP contribution in [-0.4, -0.2) is 41.6 Å². The van der Waals surface area contributed by atoms with Crippen molar-refractivity contribution in [2.24, 2.45) is 5.41 Å². The topological polar surface area (TPSA) is 69.6 Å². The molecule has 1 aliphatic carbocycles. The number of aliphatic carboxylic acids is 1. The molecule has 0 aromatic carbocycles. The fourth-order valence-electron chi connectivity index (χ4n) is 3.20. The van der Waals surface area contributed by atoms with Gasteiger partial charge in [0.05, 0.1) is 6.42 Å². The number of rotatable bonds is 3. The van der Waals surface area contributed by atoms with E-state index in [1.807, 2.05) is 4.90 Å². The first-order valence-electron chi connectivity index (χ1n) is 6.86. The number of urea groups is 1. The first kappa shape index (κ1) is 13.2. The largest absolute Gasteiger partial charge is 0.481 e. The maximum Gasteiger partial charge on any atom is 0.317 e. The van der Waals surface area contributed by atoms with E-state index >= 15 is 0 Å². The van der Waals surface area contributed by atoms with Crippen LogP contribution in [0.4, 0.5) is 4.79 Å². The number of carboxylic acids is 1. The van der Waals surface area contributed by atoms with Crippen LogP contribution in [0.5, 0.6) is 0 Å². The smallest absolute Gasteiger partial charge is 0.317 e. The summed E-state index contributed by atoms with van der Waals surface area (Å²) in [5, 5.41) is 11.2. The Labute approximate surface area is 108 Å². The molecule has 1 heterocycles. The molecule has 0 radical (unpaired) electrons. The van der Waals surface area contributed by atoms with E-state index in [-0.39, 0.29) is 19.0 Å². The normalized spacial score (nSPS) is 22.1. The molecule has 1 saturated heterocycles. The zero-order chi connectivity index (χ0) is 13.0. The zero-order valence-corrected chi connectivity index (χ0v) is 10.8. The number of hydrogen-bond donors (Lipinski definition) is 2. The van der Waals surface area contributed by atoms with Crippen LogP contribution in [0, 0.1) is 5.41 Å². The van der Waals surface area contributed by atoms with Crippen LogP contribution < -0.4 is 5.32 Å². The van der Waals surface area contributed by atoms with Gasteiger partial charge in [-0.3, -0.25) is 4.79 Å². The SMILES string of the molecule is O=C(O)CCNC(=O)N1CCC2(CCCC2)CC1. The Morgan fingerprint density at radius 1 is 1.11 bits per heavy atom. The molecule has 1 spiro atoms. The maximum atomic E-state index is 11.8. The molecular weight excluding hydrogens is 232 g/mol. The van der Waals surface area contributed by atoms with Crippen molar-refractivity contribution in [3.05, 3.63) is 0 Å². The Hall–Kier alpha value is -1.26. The minimum atomic E-state index is -0.876. The molecule has 5 nitrogen and oxygen atoms in total. The van der Waals surface area contributed by atoms with Crippen LogP contribution >= 0.6 is 0 Å². The van der Waals surface area contributed by atoms with Crippen LogP contribution in [0.1, 0.15) is 44.9 Å². The average molecular weight is 254 g/mol. The van der Waals surface area contributed by atoms with Gasteiger partial charge in [0.25, 0.3) is 0 Å². The summed E-state index contributed by atoms with van der Waals surface area (Å²) in [6.07, 6.45) is 7.53. The Kier molecular flexibility index (Phi) is 4.09. The molecule has 2 fully saturated rings. The number of piperidine rings is 1. The highest BCUT2D eigenvalue weighted by Crippen LogP contribution is 2.45. The molecule has 0 unspecified atom stereocenters. The van der Waals surface area contributed by atoms with Crippen LogP contribution in [0.25, 0.3) is 0 Å². The van der Waals surface area contributed by atoms with E-state index < -0.39 is 5.97 Å². The molecule has 2 rings (SSSR count). The van der Waals surface area contributed by atoms with Crippen molar-refractivity contribution in [2.75, 3.05) is 19.6 Å². The van der Waals surface area contributed by atoms with E-state index in [9.17, 15) is 9.59 Å². The second kappa shape index (κ2) is 5.59. The van der Waals surface area contributed by atoms with Crippen LogP contribution in [0.2, 0.25) is 0 Å². The van der Waals surface area contributed by atoms with Gasteiger partial charge in [-0.2, -0.15) is 0 Å². The molecule has 2 aliphatic rings. The van der Waals surface area contributed by atoms with Gasteiger partial charge in [-0.1, -0.05) is 12.8 Å². The van der Waals surface area contributed by atoms with E-state index in [4.69, 9.17) is 5.11 Å². The van der Waals surface area contributed by atoms with Gasteiger partial charge >= 0.3 is 12.0 Å². The highest BCUT2D eigenvalue weighted by atomic mass is 16.4. The number of hydrogen-bond acceptors (Lipinski definition) is 2. The van der Waals surface area contributed by atoms with Gasteiger partial charge < -0.3 is 15.3 Å². The lowest BCUT2D eigenvalue weighted by atomic mass is 9.77. The molecule has 1 saturated carbocycles. The highest BCUT2D eigenvalue weighted by Gasteiger charge is 2.37. The molecular formula is C13H22N2O3. The van der Waals surface area contributed by atoms with Gasteiger partial charge in [0.15, 0.2) is 0 Å². The monoisotopic (exact) mass is 254 g/mol. The summed E-state index contributed by atoms with van der Waals surface area (Å²) < 4.78 is 0. The summed E-state index contributed by atoms with van der Waals surface area (Å²) in [6.45, 7) is 1.85. The number of amides is 2. The average Bonchev–Trinajstić information content (AvgIpc) is 2.78. The third-order valence-electron chi connectivity index (χ3n) is 4.39. The van der Waals surface area contributed by atoms with Gasteiger partial charge in [0.1, 0.15) is 0 Å². The van der Waals surface area contributed by atoms with E-state index in [0.717, 1.165) is 25.9 Å². The second-order valence-corrected chi connectivity index (χ2v) is 5.57. The Bertz CT molecular complexity index is 314. The zero-order valence-electron chi connectivity index (χ0n) is 10.8. The lowest BCUT2D eigenvalue weighted by Gasteiger charge is -2.39. The number of carbonyl (C=O) groups excluding carboxylic acids is 1. The van der Waals surface area contributed by atoms with Crippen molar-refractivity contribution in [1.29, 1.82) is 0 Å². The van der Waals surface area contributed by atoms with Crippen molar-refractivity contribution in [1.82, 2.24) is 10.2 Å². The molecule has 0 aromatic heterocycles. The van der Waals surface area contributed by atoms with Gasteiger partial charge in [-0.15, -0.1) is 0 Å². The standard InChI is InChI=1S/C13H22N2O3/c16-11(17)3-8-14-12(18)15-9-6-13(7-10-15)4-1-2-5-13/h1-10H2,(H,14,18)(H,16,17). The number of nitrogens with one attached hydrogen (secondary N) is 1. The lowest BCUT2D eigenvalue weighted by molar-refractivity contribution is -0.136. The maximum absolute atomic E-state index is 11.8. The van der Waals surface area contributed by atoms with Crippen LogP contribution in [-0.2, 0) is 4.79 Å². The molecule has 102 valence electrons. The van der Waals surface area contributed by atoms with Crippen LogP contribution in [0.3, 0.4) is 0 Å². The van der Waals surface area contributed by atoms with Gasteiger partial charge in [0.2, 0.25) is 0 Å². The fraction of sp³-hybridized carbons (Fsp3) is 0.846. The molecule has 2 amide bonds. The quantitative estimate of drug-likeness (QED) is 0.807. The summed E-state index contributed by atoms with van der Waals surface area (Å²) in [5.74, 6) is -0.876. The lowest BCUT2D eigenvalue weighted by Crippen LogP contribution is -2.47. The predicted molar refractivity (Wildman–Crippen MR) is 67.4 cm³/mol. The number of likely N-dealkylation sites (tertiary alicyclic amines) is 1. The molecule has 5 heteroatoms. The first-order valence-corrected chi connectivity index (χ1v) is 6.86. The Balaban J connectivity index is 1.72. The fourth-order valence-corrected chi connectivity index (χ4v) is 3.20. The summed E-state index contributed by atoms with van der Waals surface area (Å²) in [7, 11) is 0. The second-order valence-electron chi connectivity index (χ2n) is 5.57. The third kappa shape index (κ3) is 3.15. The van der Waals surface area contributed by atoms with E-state index in [0.29, 0.717) is 5.41 Å². The van der Waals surface area contributed by atoms with Gasteiger partial charge in [-0.05, 0) is 31.1 Å². The molecule has 0 aromatic rings. The summed E-state index contributed by atoms with van der Waals surface area (Å²) in [4.78, 5) is 24.0. The number of carboxylic acid groups (broad SMARTS) is 1. The van der Waals surface area contributed by atoms with Crippen molar-refractivity contribution in [3.8, 4) is 0 Å². The van der Waals surface area contributed by atoms with Crippen molar-refractivity contribution < 1.29 is 14.7 Å². The van der Waals surface area contributed by atoms with Crippen molar-refractivity contribution in [2.45, 2.75) is 44.9 Å². The van der Waals surface area contributed by atoms with E-state index in [1.54, 1.807) is 0 Å². The minimum Gasteiger partial charge on any atom is -0.481 e. The van der Waals surface area contributed by atoms with Gasteiger partial charge in [0, 0.05) is 19.6 Å². The summed E-state index contributed by atoms with van der Waals surface area (Å²) >= 11 is 0. The van der Waals surface area contributed by atoms with E-state index in [1.165, 1.54) is 25.7 Å². The Morgan fingerprint density at radius 2 is 1.72 bits per heavy atom. The number of carbonyl (C=O) groups is 2. The molecule has 2 N–H and O–H groups in total. The molecule has 18 heavy (non-hydrogen) atoms. The van der Waals surface area contributed by atoms with Gasteiger partial charge in [-0.25, -0.2) is 4.79 Å². The molecule has 0 bridgehead atoms. The highest BCUT2D eigenvalue weighted by molar-refractivity contribution is 5.75. The summed E-state index contributed by atoms with van der Waals surface area (Å²) in [5.41, 5.74) is 0.512. The van der Waals surface area contributed by atoms with Crippen molar-refractivity contribution in [3.63, 3.8) is 0 Å². The van der Waals surface area contributed by atoms with Crippen molar-refractivity contribution >= 4 is 12.0 Å². The third-order valence-corrected chi connectivity index (χ3v) is 4.39. The number of nitrogens with zero attached hydrogens (tertiary/aromatic N) is 1. The predicted octanol–water partition coefficient (Wildman–Crippen LogP) is 1.83. The minimum absolute atomic E-state index is 0.0104. The summed E-state index contributed by atoms with van der Waals surface area (Å²) in [6, 6.07) is -0.107. The first-order chi connectivity index (χ1) is 8.61. The molecule has 1 aliphatic heterocycles. The molecule has 0 atom stereocenters. The van der Waals surface area contributed by atoms with Crippen LogP contribution in [0.15, 0.2) is 0 Å². The Morgan fingerprint density at radius 3 is 2.28 bits per heavy atom.